The second-order valence-electron chi connectivity index (χ2n) is 7.02. The van der Waals surface area contributed by atoms with Crippen LogP contribution in [0.4, 0.5) is 11.4 Å². The molecule has 0 aliphatic heterocycles. The van der Waals surface area contributed by atoms with Crippen LogP contribution in [0, 0.1) is 0 Å². The molecule has 2 aromatic heterocycles. The van der Waals surface area contributed by atoms with Crippen molar-refractivity contribution in [1.82, 2.24) is 4.57 Å². The third kappa shape index (κ3) is 6.43. The van der Waals surface area contributed by atoms with Crippen LogP contribution in [0.5, 0.6) is 0 Å². The molecule has 0 spiro atoms. The van der Waals surface area contributed by atoms with Crippen molar-refractivity contribution in [2.45, 2.75) is 27.3 Å². The first-order valence-electron chi connectivity index (χ1n) is 10.7. The van der Waals surface area contributed by atoms with E-state index in [1.807, 2.05) is 41.8 Å². The minimum absolute atomic E-state index is 0.212. The van der Waals surface area contributed by atoms with Gasteiger partial charge in [0.05, 0.1) is 17.2 Å². The maximum atomic E-state index is 13.0. The number of esters is 1. The van der Waals surface area contributed by atoms with Crippen molar-refractivity contribution in [2.75, 3.05) is 29.9 Å². The van der Waals surface area contributed by atoms with Crippen LogP contribution in [0.25, 0.3) is 12.2 Å². The largest absolute Gasteiger partial charge is 0.463 e. The first kappa shape index (κ1) is 24.5. The van der Waals surface area contributed by atoms with Gasteiger partial charge in [-0.3, -0.25) is 14.2 Å². The van der Waals surface area contributed by atoms with Crippen molar-refractivity contribution < 1.29 is 14.3 Å². The van der Waals surface area contributed by atoms with Gasteiger partial charge >= 0.3 is 5.97 Å². The molecule has 0 saturated heterocycles. The molecule has 0 radical (unpaired) electrons. The Kier molecular flexibility index (Phi) is 8.62. The Morgan fingerprint density at radius 1 is 1.12 bits per heavy atom. The number of anilines is 2. The Labute approximate surface area is 200 Å². The van der Waals surface area contributed by atoms with E-state index in [0.717, 1.165) is 35.0 Å². The number of amides is 1. The number of hydrogen-bond donors (Lipinski definition) is 1. The van der Waals surface area contributed by atoms with Gasteiger partial charge in [0, 0.05) is 29.3 Å². The molecule has 0 aliphatic rings. The summed E-state index contributed by atoms with van der Waals surface area (Å²) in [5, 5.41) is 4.75. The number of hydrogen-bond acceptors (Lipinski definition) is 7. The zero-order valence-electron chi connectivity index (χ0n) is 18.9. The maximum Gasteiger partial charge on any atom is 0.333 e. The fourth-order valence-electron chi connectivity index (χ4n) is 3.27. The SMILES string of the molecule is CCOC(=O)/C=c1/s/c(=C/c2cccs2)c(=O)n1CC(=O)Nc1ccc(N(CC)CC)cc1. The topological polar surface area (TPSA) is 80.6 Å². The van der Waals surface area contributed by atoms with Crippen molar-refractivity contribution in [2.24, 2.45) is 0 Å². The van der Waals surface area contributed by atoms with E-state index in [4.69, 9.17) is 4.74 Å². The molecule has 0 unspecified atom stereocenters. The van der Waals surface area contributed by atoms with E-state index < -0.39 is 5.97 Å². The molecule has 3 aromatic rings. The lowest BCUT2D eigenvalue weighted by molar-refractivity contribution is -0.135. The summed E-state index contributed by atoms with van der Waals surface area (Å²) >= 11 is 2.66. The molecule has 0 bridgehead atoms. The van der Waals surface area contributed by atoms with Gasteiger partial charge in [0.15, 0.2) is 0 Å². The Balaban J connectivity index is 1.87. The summed E-state index contributed by atoms with van der Waals surface area (Å²) in [7, 11) is 0. The first-order chi connectivity index (χ1) is 15.9. The predicted octanol–water partition coefficient (Wildman–Crippen LogP) is 2.63. The summed E-state index contributed by atoms with van der Waals surface area (Å²) < 4.78 is 7.11. The van der Waals surface area contributed by atoms with Gasteiger partial charge in [-0.15, -0.1) is 22.7 Å². The molecule has 2 heterocycles. The highest BCUT2D eigenvalue weighted by atomic mass is 32.1. The summed E-state index contributed by atoms with van der Waals surface area (Å²) in [5.41, 5.74) is 1.39. The maximum absolute atomic E-state index is 13.0. The van der Waals surface area contributed by atoms with Crippen molar-refractivity contribution >= 4 is 58.1 Å². The van der Waals surface area contributed by atoms with E-state index >= 15 is 0 Å². The van der Waals surface area contributed by atoms with Crippen molar-refractivity contribution in [3.63, 3.8) is 0 Å². The smallest absolute Gasteiger partial charge is 0.333 e. The molecule has 174 valence electrons. The number of benzene rings is 1. The van der Waals surface area contributed by atoms with Gasteiger partial charge in [-0.1, -0.05) is 6.07 Å². The summed E-state index contributed by atoms with van der Waals surface area (Å²) in [6.45, 7) is 7.70. The van der Waals surface area contributed by atoms with Gasteiger partial charge in [-0.05, 0) is 62.6 Å². The minimum atomic E-state index is -0.553. The van der Waals surface area contributed by atoms with Crippen LogP contribution in [-0.2, 0) is 20.9 Å². The number of rotatable bonds is 9. The van der Waals surface area contributed by atoms with Gasteiger partial charge in [0.25, 0.3) is 5.56 Å². The molecule has 9 heteroatoms. The normalized spacial score (nSPS) is 12.1. The van der Waals surface area contributed by atoms with Crippen molar-refractivity contribution in [3.05, 3.63) is 66.2 Å². The van der Waals surface area contributed by atoms with E-state index in [0.29, 0.717) is 14.9 Å². The Bertz CT molecular complexity index is 1250. The van der Waals surface area contributed by atoms with E-state index in [-0.39, 0.29) is 24.6 Å². The zero-order valence-corrected chi connectivity index (χ0v) is 20.5. The van der Waals surface area contributed by atoms with Gasteiger partial charge in [0.2, 0.25) is 5.91 Å². The summed E-state index contributed by atoms with van der Waals surface area (Å²) in [6.07, 6.45) is 3.02. The van der Waals surface area contributed by atoms with Gasteiger partial charge < -0.3 is 15.0 Å². The number of ether oxygens (including phenoxy) is 1. The lowest BCUT2D eigenvalue weighted by Gasteiger charge is -2.21. The van der Waals surface area contributed by atoms with E-state index in [9.17, 15) is 14.4 Å². The van der Waals surface area contributed by atoms with Crippen LogP contribution >= 0.6 is 22.7 Å². The van der Waals surface area contributed by atoms with Crippen LogP contribution in [-0.4, -0.2) is 36.1 Å². The van der Waals surface area contributed by atoms with Crippen LogP contribution in [0.2, 0.25) is 0 Å². The van der Waals surface area contributed by atoms with Crippen LogP contribution in [0.15, 0.2) is 46.6 Å². The Morgan fingerprint density at radius 3 is 2.45 bits per heavy atom. The number of carbonyl (C=O) groups is 2. The molecule has 0 fully saturated rings. The average Bonchev–Trinajstić information content (AvgIpc) is 3.40. The standard InChI is InChI=1S/C24H27N3O4S2/c1-4-26(5-2)18-11-9-17(10-12-18)25-21(28)16-27-22(15-23(29)31-6-3)33-20(24(27)30)14-19-8-7-13-32-19/h7-15H,4-6,16H2,1-3H3,(H,25,28)/b20-14+,22-15+. The second-order valence-corrected chi connectivity index (χ2v) is 9.06. The predicted molar refractivity (Wildman–Crippen MR) is 135 cm³/mol. The fraction of sp³-hybridized carbons (Fsp3) is 0.292. The molecular weight excluding hydrogens is 458 g/mol. The molecule has 7 nitrogen and oxygen atoms in total. The number of thiazole rings is 1. The van der Waals surface area contributed by atoms with E-state index in [2.05, 4.69) is 24.1 Å². The third-order valence-electron chi connectivity index (χ3n) is 4.86. The quantitative estimate of drug-likeness (QED) is 0.472. The molecule has 1 aromatic carbocycles. The lowest BCUT2D eigenvalue weighted by atomic mass is 10.2. The highest BCUT2D eigenvalue weighted by Gasteiger charge is 2.12. The number of thiophene rings is 1. The number of nitrogens with one attached hydrogen (secondary N) is 1. The molecule has 33 heavy (non-hydrogen) atoms. The molecule has 0 aliphatic carbocycles. The number of carbonyl (C=O) groups excluding carboxylic acids is 2. The molecule has 3 rings (SSSR count). The third-order valence-corrected chi connectivity index (χ3v) is 6.74. The molecular formula is C24H27N3O4S2. The van der Waals surface area contributed by atoms with Gasteiger partial charge in [0.1, 0.15) is 11.2 Å². The highest BCUT2D eigenvalue weighted by molar-refractivity contribution is 7.11. The zero-order chi connectivity index (χ0) is 23.8. The fourth-order valence-corrected chi connectivity index (χ4v) is 5.02. The van der Waals surface area contributed by atoms with E-state index in [1.54, 1.807) is 13.0 Å². The average molecular weight is 486 g/mol. The molecule has 0 saturated carbocycles. The Hall–Kier alpha value is -3.17. The molecule has 1 N–H and O–H groups in total. The second kappa shape index (κ2) is 11.6. The number of aromatic nitrogens is 1. The van der Waals surface area contributed by atoms with Crippen LogP contribution in [0.1, 0.15) is 25.6 Å². The monoisotopic (exact) mass is 485 g/mol. The summed E-state index contributed by atoms with van der Waals surface area (Å²) in [6, 6.07) is 11.4. The van der Waals surface area contributed by atoms with Gasteiger partial charge in [-0.2, -0.15) is 0 Å². The van der Waals surface area contributed by atoms with Crippen molar-refractivity contribution in [1.29, 1.82) is 0 Å². The summed E-state index contributed by atoms with van der Waals surface area (Å²) in [5.74, 6) is -0.908. The van der Waals surface area contributed by atoms with Gasteiger partial charge in [-0.25, -0.2) is 4.79 Å². The Morgan fingerprint density at radius 2 is 1.85 bits per heavy atom. The molecule has 1 amide bonds. The number of nitrogens with zero attached hydrogens (tertiary/aromatic N) is 2. The van der Waals surface area contributed by atoms with Crippen molar-refractivity contribution in [3.8, 4) is 0 Å². The van der Waals surface area contributed by atoms with Crippen LogP contribution in [0.3, 0.4) is 0 Å². The van der Waals surface area contributed by atoms with E-state index in [1.165, 1.54) is 22.0 Å². The molecule has 0 atom stereocenters. The lowest BCUT2D eigenvalue weighted by Crippen LogP contribution is -2.36. The minimum Gasteiger partial charge on any atom is -0.463 e. The highest BCUT2D eigenvalue weighted by Crippen LogP contribution is 2.17. The van der Waals surface area contributed by atoms with Crippen LogP contribution < -0.4 is 25.0 Å². The summed E-state index contributed by atoms with van der Waals surface area (Å²) in [4.78, 5) is 40.9. The first-order valence-corrected chi connectivity index (χ1v) is 12.4.